The molecule has 0 aliphatic heterocycles. The van der Waals surface area contributed by atoms with E-state index in [0.717, 1.165) is 108 Å². The van der Waals surface area contributed by atoms with Crippen molar-refractivity contribution in [3.8, 4) is 0 Å². The maximum Gasteiger partial charge on any atom is 0.472 e. The van der Waals surface area contributed by atoms with Crippen LogP contribution in [0.25, 0.3) is 0 Å². The molecule has 0 aromatic heterocycles. The van der Waals surface area contributed by atoms with Crippen molar-refractivity contribution in [3.05, 3.63) is 0 Å². The van der Waals surface area contributed by atoms with Gasteiger partial charge in [0.15, 0.2) is 12.2 Å². The Morgan fingerprint density at radius 2 is 0.495 bits per heavy atom. The normalized spacial score (nSPS) is 14.2. The molecule has 0 aromatic rings. The zero-order valence-corrected chi connectivity index (χ0v) is 69.6. The highest BCUT2D eigenvalue weighted by Crippen LogP contribution is 2.45. The summed E-state index contributed by atoms with van der Waals surface area (Å²) >= 11 is 0. The summed E-state index contributed by atoms with van der Waals surface area (Å²) < 4.78 is 68.8. The van der Waals surface area contributed by atoms with E-state index in [4.69, 9.17) is 37.0 Å². The number of ether oxygens (including phenoxy) is 4. The van der Waals surface area contributed by atoms with E-state index >= 15 is 0 Å². The van der Waals surface area contributed by atoms with Crippen molar-refractivity contribution in [3.63, 3.8) is 0 Å². The number of carbonyl (C=O) groups is 4. The number of hydrogen-bond donors (Lipinski definition) is 3. The molecule has 3 unspecified atom stereocenters. The summed E-state index contributed by atoms with van der Waals surface area (Å²) in [4.78, 5) is 73.2. The highest BCUT2D eigenvalue weighted by Gasteiger charge is 2.30. The van der Waals surface area contributed by atoms with Crippen molar-refractivity contribution in [2.45, 2.75) is 458 Å². The summed E-state index contributed by atoms with van der Waals surface area (Å²) in [5.74, 6) is 0.226. The van der Waals surface area contributed by atoms with Crippen LogP contribution in [0.15, 0.2) is 0 Å². The van der Waals surface area contributed by atoms with E-state index in [1.807, 2.05) is 0 Å². The Morgan fingerprint density at radius 1 is 0.282 bits per heavy atom. The van der Waals surface area contributed by atoms with Crippen molar-refractivity contribution >= 4 is 39.5 Å². The van der Waals surface area contributed by atoms with E-state index in [9.17, 15) is 43.2 Å². The first-order valence-corrected chi connectivity index (χ1v) is 46.4. The maximum absolute atomic E-state index is 13.1. The zero-order chi connectivity index (χ0) is 75.8. The number of carbonyl (C=O) groups excluding carboxylic acids is 4. The largest absolute Gasteiger partial charge is 0.472 e. The summed E-state index contributed by atoms with van der Waals surface area (Å²) in [6, 6.07) is 0. The Kier molecular flexibility index (Phi) is 72.8. The number of unbranched alkanes of at least 4 members (excludes halogenated alkanes) is 49. The minimum absolute atomic E-state index is 0.106. The second-order valence-electron chi connectivity index (χ2n) is 31.4. The molecular formula is C84H164O17P2. The molecule has 3 N–H and O–H groups in total. The number of aliphatic hydroxyl groups is 1. The highest BCUT2D eigenvalue weighted by atomic mass is 31.2. The molecule has 0 saturated heterocycles. The second-order valence-corrected chi connectivity index (χ2v) is 34.3. The molecule has 6 atom stereocenters. The van der Waals surface area contributed by atoms with Crippen molar-refractivity contribution in [2.24, 2.45) is 17.8 Å². The number of aliphatic hydroxyl groups excluding tert-OH is 1. The van der Waals surface area contributed by atoms with Crippen molar-refractivity contribution in [2.75, 3.05) is 39.6 Å². The molecule has 0 spiro atoms. The first-order valence-electron chi connectivity index (χ1n) is 43.4. The van der Waals surface area contributed by atoms with Gasteiger partial charge in [-0.3, -0.25) is 37.3 Å². The number of hydrogen-bond acceptors (Lipinski definition) is 15. The lowest BCUT2D eigenvalue weighted by Crippen LogP contribution is -2.30. The molecule has 0 aliphatic carbocycles. The third-order valence-corrected chi connectivity index (χ3v) is 21.9. The third kappa shape index (κ3) is 76.6. The fraction of sp³-hybridized carbons (Fsp3) is 0.952. The fourth-order valence-electron chi connectivity index (χ4n) is 13.0. The summed E-state index contributed by atoms with van der Waals surface area (Å²) in [6.45, 7) is 12.0. The number of phosphoric ester groups is 2. The van der Waals surface area contributed by atoms with Crippen LogP contribution < -0.4 is 0 Å². The highest BCUT2D eigenvalue weighted by molar-refractivity contribution is 7.47. The van der Waals surface area contributed by atoms with Gasteiger partial charge >= 0.3 is 39.5 Å². The molecule has 612 valence electrons. The van der Waals surface area contributed by atoms with E-state index in [1.54, 1.807) is 0 Å². The van der Waals surface area contributed by atoms with Crippen molar-refractivity contribution in [1.29, 1.82) is 0 Å². The fourth-order valence-corrected chi connectivity index (χ4v) is 14.6. The van der Waals surface area contributed by atoms with Crippen molar-refractivity contribution in [1.82, 2.24) is 0 Å². The Hall–Kier alpha value is -1.94. The summed E-state index contributed by atoms with van der Waals surface area (Å²) in [6.07, 6.45) is 63.8. The van der Waals surface area contributed by atoms with Crippen molar-refractivity contribution < 1.29 is 80.2 Å². The molecule has 0 amide bonds. The standard InChI is InChI=1S/C84H164O17P2/c1-8-10-11-12-13-14-15-16-17-18-19-20-21-22-23-26-32-37-46-53-60-67-83(88)100-79(71-94-81(86)65-58-51-44-36-31-27-24-25-29-34-41-48-55-62-75(3)4)73-98-102(90,91)96-69-78(85)70-97-103(92,93)99-74-80(72-95-82(87)66-59-52-45-40-39-43-50-57-64-77(7)9-2)101-84(89)68-61-54-47-38-33-28-30-35-42-49-56-63-76(5)6/h75-80,85H,8-74H2,1-7H3,(H,90,91)(H,92,93)/t77?,78-,79-,80-/m1/s1. The van der Waals surface area contributed by atoms with E-state index in [-0.39, 0.29) is 25.7 Å². The summed E-state index contributed by atoms with van der Waals surface area (Å²) in [7, 11) is -9.93. The average molecular weight is 1510 g/mol. The third-order valence-electron chi connectivity index (χ3n) is 20.0. The van der Waals surface area contributed by atoms with Crippen LogP contribution in [0.3, 0.4) is 0 Å². The van der Waals surface area contributed by atoms with E-state index in [1.165, 1.54) is 250 Å². The number of phosphoric acid groups is 2. The Morgan fingerprint density at radius 3 is 0.738 bits per heavy atom. The van der Waals surface area contributed by atoms with Gasteiger partial charge in [-0.1, -0.05) is 389 Å². The second kappa shape index (κ2) is 74.2. The lowest BCUT2D eigenvalue weighted by atomic mass is 9.99. The van der Waals surface area contributed by atoms with Crippen LogP contribution in [-0.2, 0) is 65.4 Å². The predicted molar refractivity (Wildman–Crippen MR) is 423 cm³/mol. The minimum atomic E-state index is -4.96. The van der Waals surface area contributed by atoms with Gasteiger partial charge in [0.05, 0.1) is 26.4 Å². The summed E-state index contributed by atoms with van der Waals surface area (Å²) in [5.41, 5.74) is 0. The van der Waals surface area contributed by atoms with Gasteiger partial charge in [0.2, 0.25) is 0 Å². The Labute approximate surface area is 632 Å². The van der Waals surface area contributed by atoms with Gasteiger partial charge in [-0.05, 0) is 43.4 Å². The molecule has 19 heteroatoms. The van der Waals surface area contributed by atoms with Crippen LogP contribution in [0.5, 0.6) is 0 Å². The van der Waals surface area contributed by atoms with Gasteiger partial charge in [-0.2, -0.15) is 0 Å². The van der Waals surface area contributed by atoms with Crippen LogP contribution in [0.1, 0.15) is 440 Å². The number of esters is 4. The lowest BCUT2D eigenvalue weighted by molar-refractivity contribution is -0.161. The quantitative estimate of drug-likeness (QED) is 0.0222. The van der Waals surface area contributed by atoms with Crippen LogP contribution in [-0.4, -0.2) is 96.7 Å². The molecule has 0 heterocycles. The molecule has 103 heavy (non-hydrogen) atoms. The predicted octanol–water partition coefficient (Wildman–Crippen LogP) is 25.3. The minimum Gasteiger partial charge on any atom is -0.462 e. The topological polar surface area (TPSA) is 237 Å². The molecule has 0 aromatic carbocycles. The van der Waals surface area contributed by atoms with E-state index < -0.39 is 97.5 Å². The lowest BCUT2D eigenvalue weighted by Gasteiger charge is -2.21. The molecule has 0 bridgehead atoms. The van der Waals surface area contributed by atoms with Gasteiger partial charge < -0.3 is 33.8 Å². The van der Waals surface area contributed by atoms with Crippen LogP contribution in [0, 0.1) is 17.8 Å². The molecule has 0 radical (unpaired) electrons. The Bertz CT molecular complexity index is 1990. The van der Waals surface area contributed by atoms with Crippen LogP contribution >= 0.6 is 15.6 Å². The molecule has 17 nitrogen and oxygen atoms in total. The Balaban J connectivity index is 5.25. The van der Waals surface area contributed by atoms with Crippen LogP contribution in [0.2, 0.25) is 0 Å². The summed E-state index contributed by atoms with van der Waals surface area (Å²) in [5, 5.41) is 10.7. The molecule has 0 fully saturated rings. The van der Waals surface area contributed by atoms with Gasteiger partial charge in [-0.15, -0.1) is 0 Å². The monoisotopic (exact) mass is 1510 g/mol. The van der Waals surface area contributed by atoms with E-state index in [0.29, 0.717) is 25.7 Å². The van der Waals surface area contributed by atoms with Gasteiger partial charge in [0.1, 0.15) is 19.3 Å². The van der Waals surface area contributed by atoms with Gasteiger partial charge in [-0.25, -0.2) is 9.13 Å². The molecule has 0 rings (SSSR count). The molecule has 0 saturated carbocycles. The smallest absolute Gasteiger partial charge is 0.462 e. The van der Waals surface area contributed by atoms with Gasteiger partial charge in [0.25, 0.3) is 0 Å². The van der Waals surface area contributed by atoms with Gasteiger partial charge in [0, 0.05) is 25.7 Å². The number of rotatable bonds is 82. The maximum atomic E-state index is 13.1. The first kappa shape index (κ1) is 101. The van der Waals surface area contributed by atoms with E-state index in [2.05, 4.69) is 48.5 Å². The average Bonchev–Trinajstić information content (AvgIpc) is 0.914. The SMILES string of the molecule is CCCCCCCCCCCCCCCCCCCCCCCC(=O)O[C@H](COC(=O)CCCCCCCCCCCCCCCC(C)C)COP(=O)(O)OC[C@@H](O)COP(=O)(O)OC[C@@H](COC(=O)CCCCCCCCCCC(C)CC)OC(=O)CCCCCCCCCCCCCC(C)C. The molecular weight excluding hydrogens is 1340 g/mol. The first-order chi connectivity index (χ1) is 49.8. The zero-order valence-electron chi connectivity index (χ0n) is 67.8. The van der Waals surface area contributed by atoms with Crippen LogP contribution in [0.4, 0.5) is 0 Å². The molecule has 0 aliphatic rings.